The summed E-state index contributed by atoms with van der Waals surface area (Å²) in [7, 11) is 0. The van der Waals surface area contributed by atoms with Gasteiger partial charge < -0.3 is 42.2 Å². The van der Waals surface area contributed by atoms with Gasteiger partial charge in [0.25, 0.3) is 5.69 Å². The number of ether oxygens (including phenoxy) is 2. The van der Waals surface area contributed by atoms with Crippen LogP contribution in [0.15, 0.2) is 48.5 Å². The van der Waals surface area contributed by atoms with Gasteiger partial charge in [0, 0.05) is 30.8 Å². The van der Waals surface area contributed by atoms with Crippen LogP contribution in [-0.4, -0.2) is 60.5 Å². The Balaban J connectivity index is 0.00000148. The van der Waals surface area contributed by atoms with Crippen molar-refractivity contribution < 1.29 is 38.4 Å². The van der Waals surface area contributed by atoms with Crippen molar-refractivity contribution in [2.24, 2.45) is 17.4 Å². The second-order valence-electron chi connectivity index (χ2n) is 10.9. The molecular weight excluding hydrogens is 626 g/mol. The van der Waals surface area contributed by atoms with Gasteiger partial charge in [-0.3, -0.25) is 24.5 Å². The largest absolute Gasteiger partial charge is 0.514 e. The number of rotatable bonds is 18. The number of nitrogens with zero attached hydrogens (tertiary/aromatic N) is 1. The molecule has 0 spiro atoms. The number of nitrogens with one attached hydrogen (secondary N) is 4. The molecule has 0 saturated heterocycles. The van der Waals surface area contributed by atoms with E-state index < -0.39 is 35.0 Å². The van der Waals surface area contributed by atoms with E-state index in [-0.39, 0.29) is 36.4 Å². The number of unbranched alkanes of at least 4 members (excludes halogenated alkanes) is 3. The van der Waals surface area contributed by atoms with E-state index in [1.807, 2.05) is 20.8 Å². The van der Waals surface area contributed by atoms with Crippen LogP contribution in [0.25, 0.3) is 0 Å². The summed E-state index contributed by atoms with van der Waals surface area (Å²) < 4.78 is 10.0. The molecule has 8 N–H and O–H groups in total. The fourth-order valence-corrected chi connectivity index (χ4v) is 3.88. The van der Waals surface area contributed by atoms with Crippen LogP contribution < -0.4 is 37.5 Å². The smallest absolute Gasteiger partial charge is 0.429 e. The summed E-state index contributed by atoms with van der Waals surface area (Å²) in [6, 6.07) is 10.2. The number of carbonyl (C=O) groups is 5. The van der Waals surface area contributed by atoms with Crippen LogP contribution >= 0.6 is 0 Å². The summed E-state index contributed by atoms with van der Waals surface area (Å²) in [5, 5.41) is 21.1. The Kier molecular flexibility index (Phi) is 19.6. The number of nitrogens with two attached hydrogens (primary N) is 2. The number of carbonyl (C=O) groups excluding carboxylic acids is 5. The van der Waals surface area contributed by atoms with Crippen molar-refractivity contribution in [1.82, 2.24) is 16.0 Å². The van der Waals surface area contributed by atoms with Gasteiger partial charge in [0.1, 0.15) is 18.4 Å². The fraction of sp³-hybridized carbons (Fsp3) is 0.469. The van der Waals surface area contributed by atoms with E-state index in [4.69, 9.17) is 20.9 Å². The summed E-state index contributed by atoms with van der Waals surface area (Å²) in [5.74, 6) is -1.18. The Morgan fingerprint density at radius 2 is 1.54 bits per heavy atom. The highest BCUT2D eigenvalue weighted by Gasteiger charge is 2.24. The molecule has 16 heteroatoms. The summed E-state index contributed by atoms with van der Waals surface area (Å²) in [6.45, 7) is 6.51. The second kappa shape index (κ2) is 23.1. The first-order valence-electron chi connectivity index (χ1n) is 15.6. The molecule has 0 saturated carbocycles. The lowest BCUT2D eigenvalue weighted by Crippen LogP contribution is -2.51. The van der Waals surface area contributed by atoms with Crippen molar-refractivity contribution in [3.8, 4) is 5.75 Å². The molecule has 2 aromatic rings. The zero-order valence-corrected chi connectivity index (χ0v) is 27.6. The number of non-ortho nitro benzene ring substituents is 1. The third-order valence-electron chi connectivity index (χ3n) is 6.44. The maximum atomic E-state index is 12.6. The van der Waals surface area contributed by atoms with Gasteiger partial charge in [0.2, 0.25) is 17.7 Å². The minimum Gasteiger partial charge on any atom is -0.429 e. The average molecular weight is 674 g/mol. The molecule has 0 radical (unpaired) electrons. The minimum absolute atomic E-state index is 0.0990. The first kappa shape index (κ1) is 40.8. The van der Waals surface area contributed by atoms with E-state index >= 15 is 0 Å². The first-order valence-corrected chi connectivity index (χ1v) is 15.6. The van der Waals surface area contributed by atoms with E-state index in [1.165, 1.54) is 24.3 Å². The lowest BCUT2D eigenvalue weighted by molar-refractivity contribution is -0.384. The predicted molar refractivity (Wildman–Crippen MR) is 179 cm³/mol. The first-order chi connectivity index (χ1) is 22.9. The number of hydrogen-bond acceptors (Lipinski definition) is 10. The SMILES string of the molecule is CC(C)C(NC(=O)CCCCCCN)C(=O)NCC(=O)Nc1ccc(COC(=O)Oc2ccc([N+](=O)[O-])cc2)cc1.CCCNC(N)=O. The summed E-state index contributed by atoms with van der Waals surface area (Å²) in [6.07, 6.45) is 3.78. The Hall–Kier alpha value is -5.25. The molecule has 2 rings (SSSR count). The number of benzene rings is 2. The van der Waals surface area contributed by atoms with Crippen LogP contribution in [0.4, 0.5) is 21.0 Å². The molecule has 48 heavy (non-hydrogen) atoms. The van der Waals surface area contributed by atoms with Gasteiger partial charge in [-0.05, 0) is 61.6 Å². The number of primary amides is 1. The molecular formula is C32H47N7O9. The summed E-state index contributed by atoms with van der Waals surface area (Å²) >= 11 is 0. The van der Waals surface area contributed by atoms with Gasteiger partial charge in [0.05, 0.1) is 11.5 Å². The molecule has 2 aromatic carbocycles. The van der Waals surface area contributed by atoms with Crippen molar-refractivity contribution in [3.05, 3.63) is 64.2 Å². The number of anilines is 1. The van der Waals surface area contributed by atoms with Crippen molar-refractivity contribution in [1.29, 1.82) is 0 Å². The summed E-state index contributed by atoms with van der Waals surface area (Å²) in [4.78, 5) is 69.1. The molecule has 5 amide bonds. The number of nitro benzene ring substituents is 1. The van der Waals surface area contributed by atoms with Gasteiger partial charge in [-0.1, -0.05) is 45.7 Å². The van der Waals surface area contributed by atoms with Crippen LogP contribution in [0.3, 0.4) is 0 Å². The maximum Gasteiger partial charge on any atom is 0.514 e. The zero-order valence-electron chi connectivity index (χ0n) is 27.6. The van der Waals surface area contributed by atoms with Gasteiger partial charge in [0.15, 0.2) is 0 Å². The van der Waals surface area contributed by atoms with Gasteiger partial charge in [-0.15, -0.1) is 0 Å². The van der Waals surface area contributed by atoms with Crippen molar-refractivity contribution >= 4 is 41.3 Å². The number of nitro groups is 1. The van der Waals surface area contributed by atoms with E-state index in [9.17, 15) is 34.1 Å². The molecule has 0 fully saturated rings. The van der Waals surface area contributed by atoms with Crippen molar-refractivity contribution in [2.75, 3.05) is 25.0 Å². The monoisotopic (exact) mass is 673 g/mol. The van der Waals surface area contributed by atoms with Crippen LogP contribution in [-0.2, 0) is 25.7 Å². The highest BCUT2D eigenvalue weighted by Crippen LogP contribution is 2.18. The third kappa shape index (κ3) is 18.0. The Morgan fingerprint density at radius 1 is 0.896 bits per heavy atom. The molecule has 0 heterocycles. The molecule has 0 aliphatic rings. The molecule has 0 aliphatic heterocycles. The Morgan fingerprint density at radius 3 is 2.08 bits per heavy atom. The topological polar surface area (TPSA) is 247 Å². The van der Waals surface area contributed by atoms with Crippen LogP contribution in [0, 0.1) is 16.0 Å². The molecule has 0 aromatic heterocycles. The molecule has 264 valence electrons. The molecule has 0 aliphatic carbocycles. The quantitative estimate of drug-likeness (QED) is 0.0442. The maximum absolute atomic E-state index is 12.6. The molecule has 1 unspecified atom stereocenters. The summed E-state index contributed by atoms with van der Waals surface area (Å²) in [5.41, 5.74) is 11.1. The van der Waals surface area contributed by atoms with Crippen molar-refractivity contribution in [2.45, 2.75) is 71.9 Å². The number of hydrogen-bond donors (Lipinski definition) is 6. The standard InChI is InChI=1S/C28H37N5O8.C4H10N2O/c1-19(2)26(32-24(34)7-5-3-4-6-16-29)27(36)30-17-25(35)31-21-10-8-20(9-11-21)18-40-28(37)41-23-14-12-22(13-15-23)33(38)39;1-2-3-6-4(5)7/h8-15,19,26H,3-7,16-18,29H2,1-2H3,(H,30,36)(H,31,35)(H,32,34);2-3H2,1H3,(H3,5,6,7). The Labute approximate surface area is 279 Å². The molecule has 0 bridgehead atoms. The van der Waals surface area contributed by atoms with Crippen LogP contribution in [0.5, 0.6) is 5.75 Å². The molecule has 1 atom stereocenters. The Bertz CT molecular complexity index is 1320. The highest BCUT2D eigenvalue weighted by molar-refractivity contribution is 5.96. The van der Waals surface area contributed by atoms with Crippen LogP contribution in [0.2, 0.25) is 0 Å². The predicted octanol–water partition coefficient (Wildman–Crippen LogP) is 3.48. The van der Waals surface area contributed by atoms with Gasteiger partial charge in [-0.2, -0.15) is 0 Å². The molecule has 16 nitrogen and oxygen atoms in total. The highest BCUT2D eigenvalue weighted by atomic mass is 16.7. The lowest BCUT2D eigenvalue weighted by atomic mass is 10.0. The normalized spacial score (nSPS) is 10.9. The fourth-order valence-electron chi connectivity index (χ4n) is 3.88. The van der Waals surface area contributed by atoms with E-state index in [0.717, 1.165) is 32.1 Å². The van der Waals surface area contributed by atoms with Crippen molar-refractivity contribution in [3.63, 3.8) is 0 Å². The second-order valence-corrected chi connectivity index (χ2v) is 10.9. The van der Waals surface area contributed by atoms with E-state index in [0.29, 0.717) is 30.8 Å². The minimum atomic E-state index is -0.981. The number of amides is 5. The van der Waals surface area contributed by atoms with Gasteiger partial charge >= 0.3 is 12.2 Å². The van der Waals surface area contributed by atoms with Crippen LogP contribution in [0.1, 0.15) is 64.9 Å². The van der Waals surface area contributed by atoms with E-state index in [1.54, 1.807) is 24.3 Å². The number of urea groups is 1. The van der Waals surface area contributed by atoms with Gasteiger partial charge in [-0.25, -0.2) is 9.59 Å². The van der Waals surface area contributed by atoms with E-state index in [2.05, 4.69) is 21.3 Å². The third-order valence-corrected chi connectivity index (χ3v) is 6.44. The lowest BCUT2D eigenvalue weighted by Gasteiger charge is -2.21. The zero-order chi connectivity index (χ0) is 35.9. The average Bonchev–Trinajstić information content (AvgIpc) is 3.05.